The summed E-state index contributed by atoms with van der Waals surface area (Å²) in [4.78, 5) is 5.48. The second-order valence-electron chi connectivity index (χ2n) is 5.20. The number of nitrogens with zero attached hydrogens (tertiary/aromatic N) is 1. The van der Waals surface area contributed by atoms with Crippen LogP contribution in [-0.2, 0) is 4.84 Å². The third-order valence-corrected chi connectivity index (χ3v) is 4.86. The van der Waals surface area contributed by atoms with Crippen LogP contribution in [0.15, 0.2) is 23.4 Å². The molecule has 1 aliphatic heterocycles. The number of benzene rings is 1. The third kappa shape index (κ3) is 1.95. The van der Waals surface area contributed by atoms with Crippen LogP contribution < -0.4 is 0 Å². The fourth-order valence-corrected chi connectivity index (χ4v) is 3.65. The van der Waals surface area contributed by atoms with Gasteiger partial charge in [-0.25, -0.2) is 0 Å². The highest BCUT2D eigenvalue weighted by atomic mass is 35.5. The Labute approximate surface area is 122 Å². The SMILES string of the molecule is CC[C@]1(O)CC[C@H]2C(c3c(Cl)cccc3Cl)=NO[C@H]21. The molecule has 3 nitrogen and oxygen atoms in total. The Hall–Kier alpha value is -0.770. The molecular formula is C14H15Cl2NO2. The average Bonchev–Trinajstić information content (AvgIpc) is 2.93. The topological polar surface area (TPSA) is 41.8 Å². The van der Waals surface area contributed by atoms with Gasteiger partial charge < -0.3 is 9.94 Å². The van der Waals surface area contributed by atoms with Gasteiger partial charge in [-0.05, 0) is 31.4 Å². The predicted octanol–water partition coefficient (Wildman–Crippen LogP) is 3.65. The van der Waals surface area contributed by atoms with Gasteiger partial charge in [0.25, 0.3) is 0 Å². The van der Waals surface area contributed by atoms with Crippen molar-refractivity contribution in [2.45, 2.75) is 37.9 Å². The third-order valence-electron chi connectivity index (χ3n) is 4.23. The number of halogens is 2. The number of oxime groups is 1. The first-order valence-electron chi connectivity index (χ1n) is 6.47. The molecule has 1 N–H and O–H groups in total. The van der Waals surface area contributed by atoms with Gasteiger partial charge in [0, 0.05) is 11.5 Å². The quantitative estimate of drug-likeness (QED) is 0.906. The summed E-state index contributed by atoms with van der Waals surface area (Å²) in [7, 11) is 0. The average molecular weight is 300 g/mol. The Morgan fingerprint density at radius 1 is 1.42 bits per heavy atom. The highest BCUT2D eigenvalue weighted by Gasteiger charge is 2.53. The largest absolute Gasteiger partial charge is 0.388 e. The van der Waals surface area contributed by atoms with Crippen LogP contribution in [0.2, 0.25) is 10.0 Å². The molecule has 0 saturated heterocycles. The first-order chi connectivity index (χ1) is 9.07. The first kappa shape index (κ1) is 13.2. The minimum Gasteiger partial charge on any atom is -0.388 e. The van der Waals surface area contributed by atoms with Gasteiger partial charge in [-0.2, -0.15) is 0 Å². The van der Waals surface area contributed by atoms with Crippen LogP contribution in [0.5, 0.6) is 0 Å². The Bertz CT molecular complexity index is 526. The van der Waals surface area contributed by atoms with Gasteiger partial charge in [0.15, 0.2) is 6.10 Å². The summed E-state index contributed by atoms with van der Waals surface area (Å²) in [6.45, 7) is 1.96. The summed E-state index contributed by atoms with van der Waals surface area (Å²) in [5.41, 5.74) is 0.715. The van der Waals surface area contributed by atoms with Crippen LogP contribution in [0.1, 0.15) is 31.7 Å². The molecule has 3 atom stereocenters. The van der Waals surface area contributed by atoms with E-state index in [4.69, 9.17) is 28.0 Å². The van der Waals surface area contributed by atoms with Crippen LogP contribution in [0.25, 0.3) is 0 Å². The van der Waals surface area contributed by atoms with E-state index in [2.05, 4.69) is 5.16 Å². The molecule has 0 unspecified atom stereocenters. The maximum absolute atomic E-state index is 10.5. The minimum absolute atomic E-state index is 0.0716. The molecule has 19 heavy (non-hydrogen) atoms. The van der Waals surface area contributed by atoms with Crippen LogP contribution in [0.4, 0.5) is 0 Å². The van der Waals surface area contributed by atoms with Crippen molar-refractivity contribution in [2.75, 3.05) is 0 Å². The second kappa shape index (κ2) is 4.65. The Morgan fingerprint density at radius 2 is 2.11 bits per heavy atom. The smallest absolute Gasteiger partial charge is 0.164 e. The normalized spacial score (nSPS) is 32.9. The maximum atomic E-state index is 10.5. The molecule has 5 heteroatoms. The summed E-state index contributed by atoms with van der Waals surface area (Å²) >= 11 is 12.4. The fraction of sp³-hybridized carbons (Fsp3) is 0.500. The van der Waals surface area contributed by atoms with Crippen LogP contribution >= 0.6 is 23.2 Å². The van der Waals surface area contributed by atoms with Crippen molar-refractivity contribution in [3.63, 3.8) is 0 Å². The summed E-state index contributed by atoms with van der Waals surface area (Å²) in [6.07, 6.45) is 1.95. The fourth-order valence-electron chi connectivity index (χ4n) is 3.06. The summed E-state index contributed by atoms with van der Waals surface area (Å²) in [5, 5.41) is 15.8. The lowest BCUT2D eigenvalue weighted by Gasteiger charge is -2.25. The molecule has 1 saturated carbocycles. The zero-order valence-corrected chi connectivity index (χ0v) is 12.1. The van der Waals surface area contributed by atoms with Crippen molar-refractivity contribution in [2.24, 2.45) is 11.1 Å². The summed E-state index contributed by atoms with van der Waals surface area (Å²) in [6, 6.07) is 5.39. The van der Waals surface area contributed by atoms with E-state index >= 15 is 0 Å². The van der Waals surface area contributed by atoms with Crippen molar-refractivity contribution in [1.82, 2.24) is 0 Å². The van der Waals surface area contributed by atoms with E-state index in [0.717, 1.165) is 24.1 Å². The van der Waals surface area contributed by atoms with Crippen LogP contribution in [-0.4, -0.2) is 22.5 Å². The van der Waals surface area contributed by atoms with Gasteiger partial charge in [-0.1, -0.05) is 41.3 Å². The molecule has 1 aromatic carbocycles. The molecule has 1 fully saturated rings. The molecule has 0 radical (unpaired) electrons. The van der Waals surface area contributed by atoms with Crippen molar-refractivity contribution >= 4 is 28.9 Å². The van der Waals surface area contributed by atoms with E-state index in [9.17, 15) is 5.11 Å². The van der Waals surface area contributed by atoms with Gasteiger partial charge in [0.1, 0.15) is 5.60 Å². The molecule has 102 valence electrons. The lowest BCUT2D eigenvalue weighted by molar-refractivity contribution is -0.0872. The van der Waals surface area contributed by atoms with E-state index < -0.39 is 5.60 Å². The molecular weight excluding hydrogens is 285 g/mol. The van der Waals surface area contributed by atoms with E-state index in [-0.39, 0.29) is 12.0 Å². The van der Waals surface area contributed by atoms with Gasteiger partial charge in [0.2, 0.25) is 0 Å². The molecule has 2 aliphatic rings. The number of hydrogen-bond donors (Lipinski definition) is 1. The summed E-state index contributed by atoms with van der Waals surface area (Å²) < 4.78 is 0. The second-order valence-corrected chi connectivity index (χ2v) is 6.02. The monoisotopic (exact) mass is 299 g/mol. The Kier molecular flexibility index (Phi) is 3.24. The Balaban J connectivity index is 1.98. The highest BCUT2D eigenvalue weighted by molar-refractivity contribution is 6.40. The standard InChI is InChI=1S/C14H15Cl2NO2/c1-2-14(18)7-6-8-12(17-19-13(8)14)11-9(15)4-3-5-10(11)16/h3-5,8,13,18H,2,6-7H2,1H3/t8-,13+,14-/m0/s1. The molecule has 0 amide bonds. The number of hydrogen-bond acceptors (Lipinski definition) is 3. The molecule has 0 bridgehead atoms. The number of aliphatic hydroxyl groups is 1. The molecule has 1 aliphatic carbocycles. The van der Waals surface area contributed by atoms with Crippen LogP contribution in [0.3, 0.4) is 0 Å². The highest BCUT2D eigenvalue weighted by Crippen LogP contribution is 2.45. The molecule has 3 rings (SSSR count). The van der Waals surface area contributed by atoms with Crippen LogP contribution in [0, 0.1) is 5.92 Å². The van der Waals surface area contributed by atoms with Crippen molar-refractivity contribution < 1.29 is 9.94 Å². The molecule has 0 spiro atoms. The van der Waals surface area contributed by atoms with Crippen molar-refractivity contribution in [1.29, 1.82) is 0 Å². The van der Waals surface area contributed by atoms with E-state index in [0.29, 0.717) is 16.5 Å². The van der Waals surface area contributed by atoms with E-state index in [1.54, 1.807) is 18.2 Å². The molecule has 0 aromatic heterocycles. The van der Waals surface area contributed by atoms with Gasteiger partial charge >= 0.3 is 0 Å². The van der Waals surface area contributed by atoms with Crippen molar-refractivity contribution in [3.05, 3.63) is 33.8 Å². The van der Waals surface area contributed by atoms with Crippen molar-refractivity contribution in [3.8, 4) is 0 Å². The zero-order chi connectivity index (χ0) is 13.6. The minimum atomic E-state index is -0.788. The summed E-state index contributed by atoms with van der Waals surface area (Å²) in [5.74, 6) is 0.0716. The van der Waals surface area contributed by atoms with Gasteiger partial charge in [-0.15, -0.1) is 0 Å². The number of fused-ring (bicyclic) bond motifs is 1. The van der Waals surface area contributed by atoms with E-state index in [1.807, 2.05) is 6.92 Å². The lowest BCUT2D eigenvalue weighted by Crippen LogP contribution is -2.39. The predicted molar refractivity (Wildman–Crippen MR) is 75.8 cm³/mol. The lowest BCUT2D eigenvalue weighted by atomic mass is 9.89. The van der Waals surface area contributed by atoms with E-state index in [1.165, 1.54) is 0 Å². The number of rotatable bonds is 2. The zero-order valence-electron chi connectivity index (χ0n) is 10.6. The van der Waals surface area contributed by atoms with Gasteiger partial charge in [0.05, 0.1) is 15.8 Å². The first-order valence-corrected chi connectivity index (χ1v) is 7.23. The molecule has 1 heterocycles. The maximum Gasteiger partial charge on any atom is 0.164 e. The Morgan fingerprint density at radius 3 is 2.74 bits per heavy atom. The molecule has 1 aromatic rings. The van der Waals surface area contributed by atoms with Gasteiger partial charge in [-0.3, -0.25) is 0 Å².